The molecule has 1 saturated heterocycles. The molecule has 0 spiro atoms. The number of rotatable bonds is 8. The molecule has 1 atom stereocenters. The first-order chi connectivity index (χ1) is 13.0. The van der Waals surface area contributed by atoms with Crippen LogP contribution in [0.3, 0.4) is 0 Å². The number of benzene rings is 1. The second-order valence-electron chi connectivity index (χ2n) is 7.12. The van der Waals surface area contributed by atoms with E-state index in [2.05, 4.69) is 15.5 Å². The van der Waals surface area contributed by atoms with Crippen LogP contribution in [0.2, 0.25) is 0 Å². The van der Waals surface area contributed by atoms with Crippen LogP contribution in [0.1, 0.15) is 28.8 Å². The molecule has 2 N–H and O–H groups in total. The molecule has 1 aromatic rings. The average Bonchev–Trinajstić information content (AvgIpc) is 2.70. The van der Waals surface area contributed by atoms with Gasteiger partial charge in [0.15, 0.2) is 0 Å². The predicted molar refractivity (Wildman–Crippen MR) is 106 cm³/mol. The van der Waals surface area contributed by atoms with Crippen LogP contribution in [0.5, 0.6) is 0 Å². The number of hydrogen-bond acceptors (Lipinski definition) is 4. The van der Waals surface area contributed by atoms with Gasteiger partial charge in [-0.05, 0) is 43.0 Å². The first-order valence-corrected chi connectivity index (χ1v) is 9.54. The number of nitrogens with zero attached hydrogens (tertiary/aromatic N) is 2. The van der Waals surface area contributed by atoms with Gasteiger partial charge in [-0.1, -0.05) is 12.1 Å². The lowest BCUT2D eigenvalue weighted by molar-refractivity contribution is 0.0963. The Morgan fingerprint density at radius 1 is 1.37 bits per heavy atom. The van der Waals surface area contributed by atoms with E-state index in [0.29, 0.717) is 18.0 Å². The van der Waals surface area contributed by atoms with Crippen molar-refractivity contribution < 1.29 is 14.3 Å². The summed E-state index contributed by atoms with van der Waals surface area (Å²) in [4.78, 5) is 28.3. The second-order valence-corrected chi connectivity index (χ2v) is 7.12. The smallest absolute Gasteiger partial charge is 0.317 e. The molecule has 7 nitrogen and oxygen atoms in total. The summed E-state index contributed by atoms with van der Waals surface area (Å²) in [5, 5.41) is 5.55. The molecular formula is C20H32N4O3. The second kappa shape index (κ2) is 10.9. The molecule has 0 radical (unpaired) electrons. The molecule has 1 aliphatic rings. The molecule has 0 bridgehead atoms. The van der Waals surface area contributed by atoms with Crippen molar-refractivity contribution in [2.24, 2.45) is 5.92 Å². The highest BCUT2D eigenvalue weighted by atomic mass is 16.5. The van der Waals surface area contributed by atoms with Gasteiger partial charge in [-0.15, -0.1) is 0 Å². The maximum Gasteiger partial charge on any atom is 0.317 e. The van der Waals surface area contributed by atoms with Crippen LogP contribution in [-0.4, -0.2) is 75.7 Å². The van der Waals surface area contributed by atoms with Crippen molar-refractivity contribution in [1.29, 1.82) is 0 Å². The monoisotopic (exact) mass is 376 g/mol. The number of methoxy groups -OCH3 is 1. The van der Waals surface area contributed by atoms with Crippen molar-refractivity contribution in [2.75, 3.05) is 54.0 Å². The summed E-state index contributed by atoms with van der Waals surface area (Å²) >= 11 is 0. The van der Waals surface area contributed by atoms with Crippen LogP contribution in [0.15, 0.2) is 24.3 Å². The zero-order chi connectivity index (χ0) is 19.6. The Morgan fingerprint density at radius 3 is 2.93 bits per heavy atom. The molecule has 27 heavy (non-hydrogen) atoms. The van der Waals surface area contributed by atoms with Crippen LogP contribution >= 0.6 is 0 Å². The highest BCUT2D eigenvalue weighted by Gasteiger charge is 2.22. The van der Waals surface area contributed by atoms with Crippen molar-refractivity contribution in [3.63, 3.8) is 0 Å². The number of likely N-dealkylation sites (tertiary alicyclic amines) is 1. The largest absolute Gasteiger partial charge is 0.383 e. The fraction of sp³-hybridized carbons (Fsp3) is 0.600. The van der Waals surface area contributed by atoms with Crippen molar-refractivity contribution in [3.05, 3.63) is 35.4 Å². The van der Waals surface area contributed by atoms with Gasteiger partial charge in [0, 0.05) is 52.9 Å². The van der Waals surface area contributed by atoms with E-state index in [1.165, 1.54) is 0 Å². The van der Waals surface area contributed by atoms with Crippen LogP contribution in [-0.2, 0) is 11.3 Å². The van der Waals surface area contributed by atoms with Crippen LogP contribution in [0.25, 0.3) is 0 Å². The van der Waals surface area contributed by atoms with E-state index in [0.717, 1.165) is 51.2 Å². The van der Waals surface area contributed by atoms with Gasteiger partial charge >= 0.3 is 6.03 Å². The van der Waals surface area contributed by atoms with E-state index < -0.39 is 0 Å². The Hall–Kier alpha value is -2.12. The van der Waals surface area contributed by atoms with Crippen LogP contribution in [0, 0.1) is 5.92 Å². The summed E-state index contributed by atoms with van der Waals surface area (Å²) in [6.07, 6.45) is 2.31. The maximum atomic E-state index is 12.4. The Kier molecular flexibility index (Phi) is 8.54. The van der Waals surface area contributed by atoms with E-state index in [4.69, 9.17) is 4.74 Å². The van der Waals surface area contributed by atoms with Crippen LogP contribution < -0.4 is 10.6 Å². The van der Waals surface area contributed by atoms with Gasteiger partial charge < -0.3 is 25.2 Å². The molecule has 7 heteroatoms. The maximum absolute atomic E-state index is 12.4. The van der Waals surface area contributed by atoms with Gasteiger partial charge in [0.25, 0.3) is 5.91 Å². The standard InChI is InChI=1S/C20H32N4O3/c1-21-19(25)18-8-4-6-16(12-18)13-22-20(26)23(2)14-17-7-5-9-24(15-17)10-11-27-3/h4,6,8,12,17H,5,7,9-11,13-15H2,1-3H3,(H,21,25)(H,22,26)/t17-/m1/s1. The van der Waals surface area contributed by atoms with E-state index in [1.807, 2.05) is 19.2 Å². The highest BCUT2D eigenvalue weighted by molar-refractivity contribution is 5.94. The number of nitrogens with one attached hydrogen (secondary N) is 2. The zero-order valence-electron chi connectivity index (χ0n) is 16.7. The number of carbonyl (C=O) groups excluding carboxylic acids is 2. The fourth-order valence-corrected chi connectivity index (χ4v) is 3.47. The molecule has 0 aliphatic carbocycles. The van der Waals surface area contributed by atoms with Crippen LogP contribution in [0.4, 0.5) is 4.79 Å². The third-order valence-electron chi connectivity index (χ3n) is 4.95. The Labute approximate surface area is 162 Å². The SMILES string of the molecule is CNC(=O)c1cccc(CNC(=O)N(C)C[C@H]2CCCN(CCOC)C2)c1. The summed E-state index contributed by atoms with van der Waals surface area (Å²) in [7, 11) is 5.17. The molecule has 0 saturated carbocycles. The van der Waals surface area contributed by atoms with Crippen molar-refractivity contribution in [1.82, 2.24) is 20.4 Å². The molecule has 3 amide bonds. The molecule has 0 aromatic heterocycles. The molecule has 1 aliphatic heterocycles. The minimum absolute atomic E-state index is 0.0886. The minimum atomic E-state index is -0.129. The first-order valence-electron chi connectivity index (χ1n) is 9.54. The number of piperidine rings is 1. The van der Waals surface area contributed by atoms with Gasteiger partial charge in [-0.2, -0.15) is 0 Å². The quantitative estimate of drug-likeness (QED) is 0.722. The topological polar surface area (TPSA) is 73.9 Å². The highest BCUT2D eigenvalue weighted by Crippen LogP contribution is 2.17. The van der Waals surface area contributed by atoms with Gasteiger partial charge in [-0.25, -0.2) is 4.79 Å². The van der Waals surface area contributed by atoms with Gasteiger partial charge in [0.1, 0.15) is 0 Å². The summed E-state index contributed by atoms with van der Waals surface area (Å²) in [5.41, 5.74) is 1.50. The molecule has 2 rings (SSSR count). The Morgan fingerprint density at radius 2 is 2.19 bits per heavy atom. The molecular weight excluding hydrogens is 344 g/mol. The van der Waals surface area contributed by atoms with Crippen molar-refractivity contribution in [3.8, 4) is 0 Å². The summed E-state index contributed by atoms with van der Waals surface area (Å²) in [6.45, 7) is 4.96. The number of hydrogen-bond donors (Lipinski definition) is 2. The average molecular weight is 377 g/mol. The lowest BCUT2D eigenvalue weighted by Crippen LogP contribution is -2.45. The van der Waals surface area contributed by atoms with E-state index in [9.17, 15) is 9.59 Å². The Balaban J connectivity index is 1.79. The third kappa shape index (κ3) is 6.84. The van der Waals surface area contributed by atoms with E-state index in [1.54, 1.807) is 31.2 Å². The lowest BCUT2D eigenvalue weighted by Gasteiger charge is -2.34. The summed E-state index contributed by atoms with van der Waals surface area (Å²) in [6, 6.07) is 7.20. The van der Waals surface area contributed by atoms with Gasteiger partial charge in [-0.3, -0.25) is 4.79 Å². The minimum Gasteiger partial charge on any atom is -0.383 e. The number of amides is 3. The molecule has 150 valence electrons. The van der Waals surface area contributed by atoms with Gasteiger partial charge in [0.05, 0.1) is 6.61 Å². The molecule has 1 fully saturated rings. The number of urea groups is 1. The predicted octanol–water partition coefficient (Wildman–Crippen LogP) is 1.55. The normalized spacial score (nSPS) is 17.4. The van der Waals surface area contributed by atoms with E-state index in [-0.39, 0.29) is 11.9 Å². The summed E-state index contributed by atoms with van der Waals surface area (Å²) < 4.78 is 5.16. The van der Waals surface area contributed by atoms with Crippen molar-refractivity contribution in [2.45, 2.75) is 19.4 Å². The Bertz CT molecular complexity index is 623. The zero-order valence-corrected chi connectivity index (χ0v) is 16.7. The van der Waals surface area contributed by atoms with E-state index >= 15 is 0 Å². The lowest BCUT2D eigenvalue weighted by atomic mass is 9.97. The molecule has 0 unspecified atom stereocenters. The fourth-order valence-electron chi connectivity index (χ4n) is 3.47. The summed E-state index contributed by atoms with van der Waals surface area (Å²) in [5.74, 6) is 0.360. The third-order valence-corrected chi connectivity index (χ3v) is 4.95. The number of ether oxygens (including phenoxy) is 1. The van der Waals surface area contributed by atoms with Gasteiger partial charge in [0.2, 0.25) is 0 Å². The molecule has 1 heterocycles. The first kappa shape index (κ1) is 21.2. The van der Waals surface area contributed by atoms with Crippen molar-refractivity contribution >= 4 is 11.9 Å². The molecule has 1 aromatic carbocycles. The number of carbonyl (C=O) groups is 2.